The van der Waals surface area contributed by atoms with Crippen LogP contribution in [0.15, 0.2) is 24.3 Å². The zero-order valence-corrected chi connectivity index (χ0v) is 9.52. The van der Waals surface area contributed by atoms with Gasteiger partial charge in [0.25, 0.3) is 5.91 Å². The monoisotopic (exact) mass is 209 g/mol. The van der Waals surface area contributed by atoms with Crippen molar-refractivity contribution in [3.8, 4) is 0 Å². The molecule has 1 amide bonds. The summed E-state index contributed by atoms with van der Waals surface area (Å²) in [6.45, 7) is 2.15. The summed E-state index contributed by atoms with van der Waals surface area (Å²) < 4.78 is 0. The van der Waals surface area contributed by atoms with Crippen molar-refractivity contribution in [1.29, 1.82) is 0 Å². The SMILES string of the molecule is CNC(=O)c1ccc(C(C)SC)cc1. The fourth-order valence-electron chi connectivity index (χ4n) is 1.19. The van der Waals surface area contributed by atoms with Crippen molar-refractivity contribution in [2.45, 2.75) is 12.2 Å². The van der Waals surface area contributed by atoms with E-state index in [4.69, 9.17) is 0 Å². The molecule has 0 saturated heterocycles. The fraction of sp³-hybridized carbons (Fsp3) is 0.364. The number of benzene rings is 1. The molecule has 0 aliphatic carbocycles. The van der Waals surface area contributed by atoms with Crippen LogP contribution in [0.1, 0.15) is 28.1 Å². The van der Waals surface area contributed by atoms with Gasteiger partial charge in [-0.3, -0.25) is 4.79 Å². The van der Waals surface area contributed by atoms with Gasteiger partial charge in [0.05, 0.1) is 0 Å². The Labute approximate surface area is 89.1 Å². The molecular formula is C11H15NOS. The largest absolute Gasteiger partial charge is 0.355 e. The van der Waals surface area contributed by atoms with Gasteiger partial charge in [-0.2, -0.15) is 11.8 Å². The molecule has 0 fully saturated rings. The zero-order valence-electron chi connectivity index (χ0n) is 8.70. The highest BCUT2D eigenvalue weighted by Gasteiger charge is 2.05. The first-order valence-corrected chi connectivity index (χ1v) is 5.82. The number of thioether (sulfide) groups is 1. The van der Waals surface area contributed by atoms with Gasteiger partial charge in [-0.1, -0.05) is 12.1 Å². The van der Waals surface area contributed by atoms with Crippen LogP contribution in [-0.2, 0) is 0 Å². The standard InChI is InChI=1S/C11H15NOS/c1-8(14-3)9-4-6-10(7-5-9)11(13)12-2/h4-8H,1-3H3,(H,12,13). The van der Waals surface area contributed by atoms with Gasteiger partial charge in [0.2, 0.25) is 0 Å². The second kappa shape index (κ2) is 5.05. The van der Waals surface area contributed by atoms with Crippen LogP contribution in [0.5, 0.6) is 0 Å². The summed E-state index contributed by atoms with van der Waals surface area (Å²) in [5.74, 6) is -0.0339. The Morgan fingerprint density at radius 1 is 1.36 bits per heavy atom. The molecule has 0 aromatic heterocycles. The van der Waals surface area contributed by atoms with Crippen LogP contribution in [0.2, 0.25) is 0 Å². The van der Waals surface area contributed by atoms with E-state index in [1.54, 1.807) is 18.8 Å². The molecule has 1 rings (SSSR count). The minimum absolute atomic E-state index is 0.0339. The van der Waals surface area contributed by atoms with Gasteiger partial charge in [-0.05, 0) is 30.9 Å². The smallest absolute Gasteiger partial charge is 0.251 e. The molecule has 1 aromatic carbocycles. The lowest BCUT2D eigenvalue weighted by Crippen LogP contribution is -2.17. The molecule has 0 spiro atoms. The predicted octanol–water partition coefficient (Wildman–Crippen LogP) is 2.47. The Balaban J connectivity index is 2.83. The highest BCUT2D eigenvalue weighted by molar-refractivity contribution is 7.98. The lowest BCUT2D eigenvalue weighted by molar-refractivity contribution is 0.0963. The van der Waals surface area contributed by atoms with Gasteiger partial charge in [-0.25, -0.2) is 0 Å². The predicted molar refractivity (Wildman–Crippen MR) is 61.8 cm³/mol. The molecule has 0 bridgehead atoms. The Morgan fingerprint density at radius 2 is 1.93 bits per heavy atom. The van der Waals surface area contributed by atoms with Gasteiger partial charge < -0.3 is 5.32 Å². The molecule has 1 aromatic rings. The highest BCUT2D eigenvalue weighted by atomic mass is 32.2. The highest BCUT2D eigenvalue weighted by Crippen LogP contribution is 2.25. The van der Waals surface area contributed by atoms with Crippen molar-refractivity contribution in [3.05, 3.63) is 35.4 Å². The summed E-state index contributed by atoms with van der Waals surface area (Å²) in [6, 6.07) is 7.74. The van der Waals surface area contributed by atoms with E-state index in [2.05, 4.69) is 18.5 Å². The number of carbonyl (C=O) groups is 1. The minimum atomic E-state index is -0.0339. The number of carbonyl (C=O) groups excluding carboxylic acids is 1. The lowest BCUT2D eigenvalue weighted by Gasteiger charge is -2.08. The van der Waals surface area contributed by atoms with Crippen LogP contribution in [-0.4, -0.2) is 19.2 Å². The Bertz CT molecular complexity index is 308. The lowest BCUT2D eigenvalue weighted by atomic mass is 10.1. The number of hydrogen-bond acceptors (Lipinski definition) is 2. The molecule has 1 unspecified atom stereocenters. The zero-order chi connectivity index (χ0) is 10.6. The van der Waals surface area contributed by atoms with Gasteiger partial charge in [0.1, 0.15) is 0 Å². The van der Waals surface area contributed by atoms with Gasteiger partial charge in [0, 0.05) is 17.9 Å². The molecule has 14 heavy (non-hydrogen) atoms. The molecule has 3 heteroatoms. The van der Waals surface area contributed by atoms with Crippen molar-refractivity contribution in [2.75, 3.05) is 13.3 Å². The van der Waals surface area contributed by atoms with E-state index in [-0.39, 0.29) is 5.91 Å². The second-order valence-corrected chi connectivity index (χ2v) is 4.26. The van der Waals surface area contributed by atoms with E-state index in [1.165, 1.54) is 5.56 Å². The third kappa shape index (κ3) is 2.51. The fourth-order valence-corrected chi connectivity index (χ4v) is 1.62. The summed E-state index contributed by atoms with van der Waals surface area (Å²) in [5, 5.41) is 3.08. The van der Waals surface area contributed by atoms with Crippen LogP contribution in [0.3, 0.4) is 0 Å². The molecule has 0 heterocycles. The summed E-state index contributed by atoms with van der Waals surface area (Å²) in [5.41, 5.74) is 1.97. The van der Waals surface area contributed by atoms with E-state index >= 15 is 0 Å². The van der Waals surface area contributed by atoms with E-state index in [9.17, 15) is 4.79 Å². The van der Waals surface area contributed by atoms with E-state index < -0.39 is 0 Å². The van der Waals surface area contributed by atoms with Gasteiger partial charge in [-0.15, -0.1) is 0 Å². The van der Waals surface area contributed by atoms with Gasteiger partial charge in [0.15, 0.2) is 0 Å². The summed E-state index contributed by atoms with van der Waals surface area (Å²) in [6.07, 6.45) is 2.08. The van der Waals surface area contributed by atoms with E-state index in [0.29, 0.717) is 10.8 Å². The molecule has 2 nitrogen and oxygen atoms in total. The number of rotatable bonds is 3. The van der Waals surface area contributed by atoms with Crippen LogP contribution in [0.4, 0.5) is 0 Å². The molecular weight excluding hydrogens is 194 g/mol. The van der Waals surface area contributed by atoms with Crippen molar-refractivity contribution < 1.29 is 4.79 Å². The second-order valence-electron chi connectivity index (χ2n) is 3.08. The molecule has 0 saturated carbocycles. The van der Waals surface area contributed by atoms with Crippen molar-refractivity contribution in [2.24, 2.45) is 0 Å². The minimum Gasteiger partial charge on any atom is -0.355 e. The summed E-state index contributed by atoms with van der Waals surface area (Å²) in [7, 11) is 1.64. The van der Waals surface area contributed by atoms with Crippen molar-refractivity contribution in [3.63, 3.8) is 0 Å². The topological polar surface area (TPSA) is 29.1 Å². The third-order valence-electron chi connectivity index (χ3n) is 2.22. The van der Waals surface area contributed by atoms with Crippen LogP contribution in [0.25, 0.3) is 0 Å². The molecule has 0 radical (unpaired) electrons. The first kappa shape index (κ1) is 11.1. The maximum Gasteiger partial charge on any atom is 0.251 e. The Kier molecular flexibility index (Phi) is 4.01. The van der Waals surface area contributed by atoms with Crippen LogP contribution >= 0.6 is 11.8 Å². The first-order chi connectivity index (χ1) is 6.69. The van der Waals surface area contributed by atoms with Crippen molar-refractivity contribution >= 4 is 17.7 Å². The van der Waals surface area contributed by atoms with E-state index in [1.807, 2.05) is 24.3 Å². The third-order valence-corrected chi connectivity index (χ3v) is 3.20. The van der Waals surface area contributed by atoms with Gasteiger partial charge >= 0.3 is 0 Å². The Hall–Kier alpha value is -0.960. The summed E-state index contributed by atoms with van der Waals surface area (Å²) >= 11 is 1.80. The molecule has 0 aliphatic heterocycles. The average molecular weight is 209 g/mol. The maximum absolute atomic E-state index is 11.2. The normalized spacial score (nSPS) is 12.2. The van der Waals surface area contributed by atoms with Crippen LogP contribution in [0, 0.1) is 0 Å². The van der Waals surface area contributed by atoms with Crippen LogP contribution < -0.4 is 5.32 Å². The van der Waals surface area contributed by atoms with Crippen molar-refractivity contribution in [1.82, 2.24) is 5.32 Å². The molecule has 76 valence electrons. The number of nitrogens with one attached hydrogen (secondary N) is 1. The van der Waals surface area contributed by atoms with E-state index in [0.717, 1.165) is 0 Å². The Morgan fingerprint density at radius 3 is 2.36 bits per heavy atom. The molecule has 1 N–H and O–H groups in total. The molecule has 1 atom stereocenters. The summed E-state index contributed by atoms with van der Waals surface area (Å²) in [4.78, 5) is 11.2. The molecule has 0 aliphatic rings. The average Bonchev–Trinajstić information content (AvgIpc) is 2.27. The maximum atomic E-state index is 11.2. The first-order valence-electron chi connectivity index (χ1n) is 4.54. The number of hydrogen-bond donors (Lipinski definition) is 1. The quantitative estimate of drug-likeness (QED) is 0.828. The number of amides is 1.